The third kappa shape index (κ3) is 5.96. The number of hydrogen-bond donors (Lipinski definition) is 0. The van der Waals surface area contributed by atoms with Gasteiger partial charge in [0.25, 0.3) is 0 Å². The maximum absolute atomic E-state index is 12.1. The summed E-state index contributed by atoms with van der Waals surface area (Å²) in [7, 11) is -0.970. The predicted octanol–water partition coefficient (Wildman–Crippen LogP) is 1.79. The molecule has 0 radical (unpaired) electrons. The van der Waals surface area contributed by atoms with Crippen molar-refractivity contribution in [3.63, 3.8) is 0 Å². The van der Waals surface area contributed by atoms with Gasteiger partial charge in [-0.15, -0.1) is 11.3 Å². The van der Waals surface area contributed by atoms with Crippen LogP contribution in [0.1, 0.15) is 36.3 Å². The fourth-order valence-corrected chi connectivity index (χ4v) is 6.02. The molecule has 2 fully saturated rings. The lowest BCUT2D eigenvalue weighted by atomic mass is 9.99. The zero-order valence-corrected chi connectivity index (χ0v) is 19.0. The summed E-state index contributed by atoms with van der Waals surface area (Å²) in [5.74, 6) is 0. The lowest BCUT2D eigenvalue weighted by molar-refractivity contribution is 0.00277. The topological polar surface area (TPSA) is 66.0 Å². The van der Waals surface area contributed by atoms with Crippen LogP contribution >= 0.6 is 11.3 Å². The summed E-state index contributed by atoms with van der Waals surface area (Å²) < 4.78 is 31.4. The first-order chi connectivity index (χ1) is 13.3. The van der Waals surface area contributed by atoms with E-state index in [2.05, 4.69) is 28.8 Å². The fraction of sp³-hybridized carbons (Fsp3) is 0.842. The molecule has 2 saturated heterocycles. The van der Waals surface area contributed by atoms with Crippen LogP contribution in [0.4, 0.5) is 0 Å². The summed E-state index contributed by atoms with van der Waals surface area (Å²) in [4.78, 5) is 10.6. The summed E-state index contributed by atoms with van der Waals surface area (Å²) in [6, 6.07) is 0.780. The Morgan fingerprint density at radius 1 is 1.25 bits per heavy atom. The van der Waals surface area contributed by atoms with Crippen LogP contribution in [0.25, 0.3) is 0 Å². The largest absolute Gasteiger partial charge is 0.381 e. The highest BCUT2D eigenvalue weighted by atomic mass is 32.2. The summed E-state index contributed by atoms with van der Waals surface area (Å²) in [5.41, 5.74) is 3.03. The van der Waals surface area contributed by atoms with Gasteiger partial charge in [0.2, 0.25) is 10.0 Å². The summed E-state index contributed by atoms with van der Waals surface area (Å²) in [6.45, 7) is 7.79. The van der Waals surface area contributed by atoms with Crippen molar-refractivity contribution in [3.8, 4) is 0 Å². The molecule has 3 heterocycles. The smallest absolute Gasteiger partial charge is 0.211 e. The maximum Gasteiger partial charge on any atom is 0.211 e. The van der Waals surface area contributed by atoms with Gasteiger partial charge >= 0.3 is 0 Å². The highest BCUT2D eigenvalue weighted by Crippen LogP contribution is 2.24. The Hall–Kier alpha value is -0.580. The molecule has 28 heavy (non-hydrogen) atoms. The van der Waals surface area contributed by atoms with E-state index in [1.807, 2.05) is 5.51 Å². The highest BCUT2D eigenvalue weighted by molar-refractivity contribution is 7.88. The Morgan fingerprint density at radius 2 is 2.00 bits per heavy atom. The van der Waals surface area contributed by atoms with Crippen LogP contribution < -0.4 is 0 Å². The van der Waals surface area contributed by atoms with Crippen molar-refractivity contribution in [1.29, 1.82) is 0 Å². The van der Waals surface area contributed by atoms with Gasteiger partial charge in [-0.2, -0.15) is 0 Å². The summed E-state index contributed by atoms with van der Waals surface area (Å²) in [6.07, 6.45) is 5.41. The molecule has 0 N–H and O–H groups in total. The second-order valence-electron chi connectivity index (χ2n) is 8.10. The second kappa shape index (κ2) is 9.95. The Balaban J connectivity index is 1.64. The molecular formula is C19H34N4O3S2. The van der Waals surface area contributed by atoms with Gasteiger partial charge in [0.1, 0.15) is 0 Å². The molecule has 0 amide bonds. The number of piperidine rings is 1. The van der Waals surface area contributed by atoms with Crippen LogP contribution in [0.2, 0.25) is 0 Å². The average molecular weight is 431 g/mol. The van der Waals surface area contributed by atoms with Crippen molar-refractivity contribution < 1.29 is 13.2 Å². The molecule has 0 aliphatic carbocycles. The van der Waals surface area contributed by atoms with Crippen molar-refractivity contribution in [2.45, 2.75) is 51.2 Å². The van der Waals surface area contributed by atoms with Gasteiger partial charge < -0.3 is 4.74 Å². The van der Waals surface area contributed by atoms with Gasteiger partial charge in [-0.3, -0.25) is 9.80 Å². The van der Waals surface area contributed by atoms with Crippen molar-refractivity contribution in [1.82, 2.24) is 19.1 Å². The van der Waals surface area contributed by atoms with Crippen LogP contribution in [0.5, 0.6) is 0 Å². The SMILES string of the molecule is Cc1ncsc1CN(C)CCN(C1CCOCC1)C1CCCN(S(C)(=O)=O)C1. The zero-order valence-electron chi connectivity index (χ0n) is 17.3. The van der Waals surface area contributed by atoms with Gasteiger partial charge in [0, 0.05) is 62.9 Å². The minimum absolute atomic E-state index is 0.296. The normalized spacial score (nSPS) is 23.0. The molecule has 1 aromatic rings. The Bertz CT molecular complexity index is 719. The highest BCUT2D eigenvalue weighted by Gasteiger charge is 2.33. The van der Waals surface area contributed by atoms with Crippen LogP contribution in [-0.4, -0.2) is 92.3 Å². The van der Waals surface area contributed by atoms with E-state index in [0.29, 0.717) is 25.2 Å². The van der Waals surface area contributed by atoms with E-state index in [-0.39, 0.29) is 0 Å². The summed E-state index contributed by atoms with van der Waals surface area (Å²) >= 11 is 1.72. The number of aromatic nitrogens is 1. The number of likely N-dealkylation sites (N-methyl/N-ethyl adjacent to an activating group) is 1. The molecule has 2 aliphatic heterocycles. The first-order valence-electron chi connectivity index (χ1n) is 10.2. The first-order valence-corrected chi connectivity index (χ1v) is 12.9. The van der Waals surface area contributed by atoms with Crippen molar-refractivity contribution >= 4 is 21.4 Å². The lowest BCUT2D eigenvalue weighted by Crippen LogP contribution is -2.55. The van der Waals surface area contributed by atoms with E-state index in [1.54, 1.807) is 15.6 Å². The quantitative estimate of drug-likeness (QED) is 0.626. The van der Waals surface area contributed by atoms with Gasteiger partial charge in [-0.25, -0.2) is 17.7 Å². The van der Waals surface area contributed by atoms with Crippen LogP contribution in [-0.2, 0) is 21.3 Å². The third-order valence-corrected chi connectivity index (χ3v) is 8.14. The first kappa shape index (κ1) is 22.1. The molecule has 0 bridgehead atoms. The van der Waals surface area contributed by atoms with Crippen molar-refractivity contribution in [3.05, 3.63) is 16.1 Å². The Labute approximate surface area is 173 Å². The van der Waals surface area contributed by atoms with Crippen LogP contribution in [0.3, 0.4) is 0 Å². The number of nitrogens with zero attached hydrogens (tertiary/aromatic N) is 4. The Morgan fingerprint density at radius 3 is 2.64 bits per heavy atom. The minimum Gasteiger partial charge on any atom is -0.381 e. The molecule has 9 heteroatoms. The molecule has 3 rings (SSSR count). The molecule has 1 atom stereocenters. The molecule has 0 saturated carbocycles. The van der Waals surface area contributed by atoms with Crippen LogP contribution in [0.15, 0.2) is 5.51 Å². The van der Waals surface area contributed by atoms with Crippen LogP contribution in [0, 0.1) is 6.92 Å². The van der Waals surface area contributed by atoms with Gasteiger partial charge in [-0.05, 0) is 39.7 Å². The summed E-state index contributed by atoms with van der Waals surface area (Å²) in [5, 5.41) is 0. The fourth-order valence-electron chi connectivity index (χ4n) is 4.26. The number of hydrogen-bond acceptors (Lipinski definition) is 7. The predicted molar refractivity (Wildman–Crippen MR) is 113 cm³/mol. The van der Waals surface area contributed by atoms with Crippen molar-refractivity contribution in [2.24, 2.45) is 0 Å². The average Bonchev–Trinajstić information content (AvgIpc) is 3.07. The molecular weight excluding hydrogens is 396 g/mol. The Kier molecular flexibility index (Phi) is 7.86. The monoisotopic (exact) mass is 430 g/mol. The van der Waals surface area contributed by atoms with Gasteiger partial charge in [-0.1, -0.05) is 0 Å². The number of ether oxygens (including phenoxy) is 1. The van der Waals surface area contributed by atoms with E-state index in [9.17, 15) is 8.42 Å². The molecule has 0 spiro atoms. The van der Waals surface area contributed by atoms with E-state index < -0.39 is 10.0 Å². The standard InChI is InChI=1S/C19H34N4O3S2/c1-16-19(27-15-20-16)14-21(2)9-10-23(17-6-11-26-12-7-17)18-5-4-8-22(13-18)28(3,24)25/h15,17-18H,4-14H2,1-3H3. The molecule has 0 aromatic carbocycles. The zero-order chi connectivity index (χ0) is 20.1. The van der Waals surface area contributed by atoms with E-state index in [4.69, 9.17) is 4.74 Å². The molecule has 7 nitrogen and oxygen atoms in total. The number of rotatable bonds is 8. The van der Waals surface area contributed by atoms with E-state index in [0.717, 1.165) is 64.2 Å². The lowest BCUT2D eigenvalue weighted by Gasteiger charge is -2.44. The maximum atomic E-state index is 12.1. The van der Waals surface area contributed by atoms with E-state index in [1.165, 1.54) is 11.1 Å². The third-order valence-electron chi connectivity index (χ3n) is 5.96. The van der Waals surface area contributed by atoms with Gasteiger partial charge in [0.05, 0.1) is 17.5 Å². The van der Waals surface area contributed by atoms with Crippen molar-refractivity contribution in [2.75, 3.05) is 52.7 Å². The molecule has 1 unspecified atom stereocenters. The molecule has 2 aliphatic rings. The number of sulfonamides is 1. The second-order valence-corrected chi connectivity index (χ2v) is 11.0. The number of thiazole rings is 1. The molecule has 160 valence electrons. The minimum atomic E-state index is -3.13. The number of aryl methyl sites for hydroxylation is 1. The molecule has 1 aromatic heterocycles. The van der Waals surface area contributed by atoms with E-state index >= 15 is 0 Å². The van der Waals surface area contributed by atoms with Gasteiger partial charge in [0.15, 0.2) is 0 Å².